The maximum atomic E-state index is 9.87. The number of hydrogen-bond acceptors (Lipinski definition) is 5. The van der Waals surface area contributed by atoms with Gasteiger partial charge in [-0.25, -0.2) is 4.98 Å². The molecule has 0 aliphatic heterocycles. The standard InChI is InChI=1S/C16H28N2O3/c1-12(2)7-13(3)21-11-15(19)10-17-8-14-5-6-16(20-4)18-9-14/h5-6,9,12-13,15,17,19H,7-8,10-11H2,1-4H3. The van der Waals surface area contributed by atoms with Crippen molar-refractivity contribution in [2.24, 2.45) is 5.92 Å². The second-order valence-electron chi connectivity index (χ2n) is 5.77. The lowest BCUT2D eigenvalue weighted by Gasteiger charge is -2.18. The third-order valence-corrected chi connectivity index (χ3v) is 3.09. The van der Waals surface area contributed by atoms with Gasteiger partial charge in [-0.3, -0.25) is 0 Å². The SMILES string of the molecule is COc1ccc(CNCC(O)COC(C)CC(C)C)cn1. The van der Waals surface area contributed by atoms with Crippen LogP contribution in [0.15, 0.2) is 18.3 Å². The molecular weight excluding hydrogens is 268 g/mol. The minimum absolute atomic E-state index is 0.186. The first kappa shape index (κ1) is 17.9. The summed E-state index contributed by atoms with van der Waals surface area (Å²) in [6.07, 6.45) is 2.47. The molecule has 1 aromatic rings. The van der Waals surface area contributed by atoms with Crippen LogP contribution < -0.4 is 10.1 Å². The Morgan fingerprint density at radius 3 is 2.62 bits per heavy atom. The van der Waals surface area contributed by atoms with Crippen molar-refractivity contribution in [3.8, 4) is 5.88 Å². The molecule has 2 N–H and O–H groups in total. The minimum atomic E-state index is -0.495. The Hall–Kier alpha value is -1.17. The summed E-state index contributed by atoms with van der Waals surface area (Å²) >= 11 is 0. The molecule has 0 saturated carbocycles. The van der Waals surface area contributed by atoms with Crippen LogP contribution in [0.4, 0.5) is 0 Å². The lowest BCUT2D eigenvalue weighted by molar-refractivity contribution is -0.00857. The fourth-order valence-corrected chi connectivity index (χ4v) is 2.09. The van der Waals surface area contributed by atoms with Crippen LogP contribution in [-0.4, -0.2) is 42.6 Å². The van der Waals surface area contributed by atoms with E-state index >= 15 is 0 Å². The molecule has 1 heterocycles. The van der Waals surface area contributed by atoms with Gasteiger partial charge in [-0.05, 0) is 24.8 Å². The van der Waals surface area contributed by atoms with E-state index in [0.717, 1.165) is 12.0 Å². The first-order valence-electron chi connectivity index (χ1n) is 7.50. The highest BCUT2D eigenvalue weighted by Gasteiger charge is 2.09. The monoisotopic (exact) mass is 296 g/mol. The Morgan fingerprint density at radius 2 is 2.05 bits per heavy atom. The molecule has 0 amide bonds. The van der Waals surface area contributed by atoms with Gasteiger partial charge in [0.05, 0.1) is 25.9 Å². The highest BCUT2D eigenvalue weighted by Crippen LogP contribution is 2.08. The van der Waals surface area contributed by atoms with Crippen molar-refractivity contribution in [1.82, 2.24) is 10.3 Å². The molecule has 0 aliphatic carbocycles. The van der Waals surface area contributed by atoms with Crippen LogP contribution in [-0.2, 0) is 11.3 Å². The van der Waals surface area contributed by atoms with Gasteiger partial charge in [0.25, 0.3) is 0 Å². The van der Waals surface area contributed by atoms with Crippen molar-refractivity contribution >= 4 is 0 Å². The van der Waals surface area contributed by atoms with Gasteiger partial charge in [0.2, 0.25) is 5.88 Å². The number of hydrogen-bond donors (Lipinski definition) is 2. The van der Waals surface area contributed by atoms with Gasteiger partial charge >= 0.3 is 0 Å². The van der Waals surface area contributed by atoms with Crippen LogP contribution in [0.1, 0.15) is 32.8 Å². The van der Waals surface area contributed by atoms with Crippen LogP contribution >= 0.6 is 0 Å². The summed E-state index contributed by atoms with van der Waals surface area (Å²) in [5.41, 5.74) is 1.05. The first-order valence-corrected chi connectivity index (χ1v) is 7.50. The molecular formula is C16H28N2O3. The van der Waals surface area contributed by atoms with E-state index in [0.29, 0.717) is 31.5 Å². The molecule has 0 saturated heterocycles. The lowest BCUT2D eigenvalue weighted by atomic mass is 10.1. The number of ether oxygens (including phenoxy) is 2. The molecule has 0 fully saturated rings. The van der Waals surface area contributed by atoms with E-state index in [-0.39, 0.29) is 6.10 Å². The fourth-order valence-electron chi connectivity index (χ4n) is 2.09. The molecule has 2 unspecified atom stereocenters. The maximum absolute atomic E-state index is 9.87. The second-order valence-corrected chi connectivity index (χ2v) is 5.77. The van der Waals surface area contributed by atoms with Crippen molar-refractivity contribution in [2.45, 2.75) is 45.9 Å². The fraction of sp³-hybridized carbons (Fsp3) is 0.688. The van der Waals surface area contributed by atoms with Gasteiger partial charge < -0.3 is 19.9 Å². The summed E-state index contributed by atoms with van der Waals surface area (Å²) in [6.45, 7) is 7.91. The van der Waals surface area contributed by atoms with Crippen molar-refractivity contribution < 1.29 is 14.6 Å². The third kappa shape index (κ3) is 7.99. The molecule has 0 aliphatic rings. The summed E-state index contributed by atoms with van der Waals surface area (Å²) in [5, 5.41) is 13.1. The van der Waals surface area contributed by atoms with Crippen molar-refractivity contribution in [2.75, 3.05) is 20.3 Å². The molecule has 0 spiro atoms. The van der Waals surface area contributed by atoms with E-state index in [1.54, 1.807) is 13.3 Å². The Labute approximate surface area is 127 Å². The molecule has 0 bridgehead atoms. The Morgan fingerprint density at radius 1 is 1.29 bits per heavy atom. The van der Waals surface area contributed by atoms with Gasteiger partial charge in [-0.15, -0.1) is 0 Å². The quantitative estimate of drug-likeness (QED) is 0.691. The highest BCUT2D eigenvalue weighted by atomic mass is 16.5. The van der Waals surface area contributed by atoms with Gasteiger partial charge in [0.1, 0.15) is 0 Å². The van der Waals surface area contributed by atoms with Gasteiger partial charge in [-0.1, -0.05) is 19.9 Å². The largest absolute Gasteiger partial charge is 0.481 e. The van der Waals surface area contributed by atoms with Gasteiger partial charge in [0.15, 0.2) is 0 Å². The Balaban J connectivity index is 2.16. The van der Waals surface area contributed by atoms with E-state index in [9.17, 15) is 5.11 Å². The number of pyridine rings is 1. The van der Waals surface area contributed by atoms with Gasteiger partial charge in [-0.2, -0.15) is 0 Å². The topological polar surface area (TPSA) is 63.6 Å². The van der Waals surface area contributed by atoms with Crippen LogP contribution in [0.2, 0.25) is 0 Å². The minimum Gasteiger partial charge on any atom is -0.481 e. The Bertz CT molecular complexity index is 382. The average molecular weight is 296 g/mol. The molecule has 120 valence electrons. The summed E-state index contributed by atoms with van der Waals surface area (Å²) in [7, 11) is 1.59. The highest BCUT2D eigenvalue weighted by molar-refractivity contribution is 5.17. The number of nitrogens with zero attached hydrogens (tertiary/aromatic N) is 1. The molecule has 5 heteroatoms. The summed E-state index contributed by atoms with van der Waals surface area (Å²) in [6, 6.07) is 3.77. The predicted molar refractivity (Wildman–Crippen MR) is 83.4 cm³/mol. The molecule has 1 rings (SSSR count). The lowest BCUT2D eigenvalue weighted by Crippen LogP contribution is -2.31. The van der Waals surface area contributed by atoms with E-state index in [1.807, 2.05) is 19.1 Å². The molecule has 2 atom stereocenters. The van der Waals surface area contributed by atoms with E-state index in [1.165, 1.54) is 0 Å². The zero-order valence-electron chi connectivity index (χ0n) is 13.5. The van der Waals surface area contributed by atoms with E-state index < -0.39 is 6.10 Å². The number of aromatic nitrogens is 1. The molecule has 5 nitrogen and oxygen atoms in total. The van der Waals surface area contributed by atoms with E-state index in [4.69, 9.17) is 9.47 Å². The van der Waals surface area contributed by atoms with Crippen LogP contribution in [0.3, 0.4) is 0 Å². The zero-order chi connectivity index (χ0) is 15.7. The smallest absolute Gasteiger partial charge is 0.212 e. The second kappa shape index (κ2) is 9.71. The summed E-state index contributed by atoms with van der Waals surface area (Å²) in [4.78, 5) is 4.13. The molecule has 21 heavy (non-hydrogen) atoms. The number of nitrogens with one attached hydrogen (secondary N) is 1. The zero-order valence-corrected chi connectivity index (χ0v) is 13.5. The van der Waals surface area contributed by atoms with Crippen molar-refractivity contribution in [3.05, 3.63) is 23.9 Å². The third-order valence-electron chi connectivity index (χ3n) is 3.09. The maximum Gasteiger partial charge on any atom is 0.212 e. The van der Waals surface area contributed by atoms with Crippen LogP contribution in [0, 0.1) is 5.92 Å². The predicted octanol–water partition coefficient (Wildman–Crippen LogP) is 1.99. The number of aliphatic hydroxyl groups is 1. The first-order chi connectivity index (χ1) is 10.0. The normalized spacial score (nSPS) is 14.2. The average Bonchev–Trinajstić information content (AvgIpc) is 2.45. The van der Waals surface area contributed by atoms with Gasteiger partial charge in [0, 0.05) is 25.4 Å². The molecule has 0 radical (unpaired) electrons. The van der Waals surface area contributed by atoms with Crippen molar-refractivity contribution in [3.63, 3.8) is 0 Å². The van der Waals surface area contributed by atoms with E-state index in [2.05, 4.69) is 24.1 Å². The number of aliphatic hydroxyl groups excluding tert-OH is 1. The number of rotatable bonds is 10. The molecule has 1 aromatic heterocycles. The van der Waals surface area contributed by atoms with Crippen LogP contribution in [0.25, 0.3) is 0 Å². The van der Waals surface area contributed by atoms with Crippen LogP contribution in [0.5, 0.6) is 5.88 Å². The summed E-state index contributed by atoms with van der Waals surface area (Å²) < 4.78 is 10.6. The summed E-state index contributed by atoms with van der Waals surface area (Å²) in [5.74, 6) is 1.21. The molecule has 0 aromatic carbocycles. The number of methoxy groups -OCH3 is 1. The Kier molecular flexibility index (Phi) is 8.27. The van der Waals surface area contributed by atoms with Crippen molar-refractivity contribution in [1.29, 1.82) is 0 Å².